The first-order chi connectivity index (χ1) is 12.5. The lowest BCUT2D eigenvalue weighted by atomic mass is 9.88. The number of urea groups is 1. The topological polar surface area (TPSA) is 75.7 Å². The van der Waals surface area contributed by atoms with Crippen LogP contribution >= 0.6 is 0 Å². The van der Waals surface area contributed by atoms with Gasteiger partial charge in [-0.05, 0) is 25.0 Å². The molecule has 7 heteroatoms. The summed E-state index contributed by atoms with van der Waals surface area (Å²) in [6, 6.07) is 7.76. The fraction of sp³-hybridized carbons (Fsp3) is 0.526. The number of nitrogens with zero attached hydrogens (tertiary/aromatic N) is 1. The Morgan fingerprint density at radius 2 is 1.96 bits per heavy atom. The largest absolute Gasteiger partial charge is 0.482 e. The van der Waals surface area contributed by atoms with Gasteiger partial charge in [0.1, 0.15) is 11.4 Å². The molecule has 1 spiro atoms. The van der Waals surface area contributed by atoms with E-state index in [9.17, 15) is 13.2 Å². The van der Waals surface area contributed by atoms with Crippen LogP contribution in [0.25, 0.3) is 6.08 Å². The highest BCUT2D eigenvalue weighted by atomic mass is 32.2. The Balaban J connectivity index is 1.28. The molecular formula is C19H24N2O4S. The molecule has 3 aliphatic rings. The number of likely N-dealkylation sites (tertiary alicyclic amines) is 1. The number of hydrogen-bond acceptors (Lipinski definition) is 4. The van der Waals surface area contributed by atoms with E-state index in [0.717, 1.165) is 37.0 Å². The Hall–Kier alpha value is -2.02. The van der Waals surface area contributed by atoms with Gasteiger partial charge >= 0.3 is 6.03 Å². The van der Waals surface area contributed by atoms with Gasteiger partial charge in [-0.3, -0.25) is 0 Å². The van der Waals surface area contributed by atoms with Crippen molar-refractivity contribution in [3.8, 4) is 5.75 Å². The molecule has 1 aromatic carbocycles. The Labute approximate surface area is 154 Å². The first-order valence-electron chi connectivity index (χ1n) is 9.19. The van der Waals surface area contributed by atoms with Crippen LogP contribution in [0.2, 0.25) is 0 Å². The van der Waals surface area contributed by atoms with Crippen LogP contribution in [-0.4, -0.2) is 55.6 Å². The van der Waals surface area contributed by atoms with E-state index < -0.39 is 9.84 Å². The summed E-state index contributed by atoms with van der Waals surface area (Å²) >= 11 is 0. The van der Waals surface area contributed by atoms with Crippen molar-refractivity contribution in [3.05, 3.63) is 35.9 Å². The minimum atomic E-state index is -3.03. The number of rotatable bonds is 4. The molecule has 0 aromatic heterocycles. The van der Waals surface area contributed by atoms with Crippen molar-refractivity contribution >= 4 is 21.9 Å². The van der Waals surface area contributed by atoms with Gasteiger partial charge in [-0.15, -0.1) is 0 Å². The maximum Gasteiger partial charge on any atom is 0.317 e. The van der Waals surface area contributed by atoms with Crippen LogP contribution in [0.5, 0.6) is 5.75 Å². The standard InChI is InChI=1S/C19H24N2O4S/c22-18(20-11-14-26(23,24)16-5-6-16)21-12-9-19(10-13-21)8-7-15-3-1-2-4-17(15)25-19/h1-4,7-8,16H,5-6,9-14H2,(H,20,22). The van der Waals surface area contributed by atoms with Crippen LogP contribution in [-0.2, 0) is 9.84 Å². The number of piperidine rings is 1. The molecule has 0 radical (unpaired) electrons. The summed E-state index contributed by atoms with van der Waals surface area (Å²) in [5, 5.41) is 2.57. The maximum atomic E-state index is 12.3. The Morgan fingerprint density at radius 1 is 1.23 bits per heavy atom. The van der Waals surface area contributed by atoms with E-state index in [1.807, 2.05) is 24.3 Å². The number of carbonyl (C=O) groups is 1. The van der Waals surface area contributed by atoms with Gasteiger partial charge in [-0.2, -0.15) is 0 Å². The van der Waals surface area contributed by atoms with Crippen molar-refractivity contribution < 1.29 is 17.9 Å². The lowest BCUT2D eigenvalue weighted by Gasteiger charge is -2.41. The Morgan fingerprint density at radius 3 is 2.69 bits per heavy atom. The first-order valence-corrected chi connectivity index (χ1v) is 10.9. The van der Waals surface area contributed by atoms with Crippen LogP contribution in [0.3, 0.4) is 0 Å². The SMILES string of the molecule is O=C(NCCS(=O)(=O)C1CC1)N1CCC2(C=Cc3ccccc3O2)CC1. The zero-order valence-electron chi connectivity index (χ0n) is 14.7. The summed E-state index contributed by atoms with van der Waals surface area (Å²) in [7, 11) is -3.03. The molecule has 2 fully saturated rings. The Kier molecular flexibility index (Phi) is 4.42. The van der Waals surface area contributed by atoms with Crippen molar-refractivity contribution in [2.24, 2.45) is 0 Å². The number of amides is 2. The highest BCUT2D eigenvalue weighted by molar-refractivity contribution is 7.92. The van der Waals surface area contributed by atoms with Crippen LogP contribution in [0.4, 0.5) is 4.79 Å². The molecule has 26 heavy (non-hydrogen) atoms. The number of nitrogens with one attached hydrogen (secondary N) is 1. The molecule has 0 atom stereocenters. The number of carbonyl (C=O) groups excluding carboxylic acids is 1. The number of ether oxygens (including phenoxy) is 1. The zero-order chi connectivity index (χ0) is 18.2. The monoisotopic (exact) mass is 376 g/mol. The minimum absolute atomic E-state index is 0.0316. The highest BCUT2D eigenvalue weighted by Gasteiger charge is 2.38. The quantitative estimate of drug-likeness (QED) is 0.874. The van der Waals surface area contributed by atoms with E-state index in [0.29, 0.717) is 13.1 Å². The van der Waals surface area contributed by atoms with E-state index in [-0.39, 0.29) is 29.2 Å². The van der Waals surface area contributed by atoms with Crippen LogP contribution in [0.15, 0.2) is 30.3 Å². The molecule has 1 saturated carbocycles. The highest BCUT2D eigenvalue weighted by Crippen LogP contribution is 2.36. The number of benzene rings is 1. The third-order valence-corrected chi connectivity index (χ3v) is 7.65. The molecular weight excluding hydrogens is 352 g/mol. The maximum absolute atomic E-state index is 12.3. The lowest BCUT2D eigenvalue weighted by molar-refractivity contribution is 0.0499. The van der Waals surface area contributed by atoms with Crippen molar-refractivity contribution in [1.29, 1.82) is 0 Å². The van der Waals surface area contributed by atoms with Crippen molar-refractivity contribution in [2.75, 3.05) is 25.4 Å². The van der Waals surface area contributed by atoms with Crippen molar-refractivity contribution in [1.82, 2.24) is 10.2 Å². The molecule has 1 N–H and O–H groups in total. The second-order valence-corrected chi connectivity index (χ2v) is 9.72. The summed E-state index contributed by atoms with van der Waals surface area (Å²) in [4.78, 5) is 14.0. The number of hydrogen-bond donors (Lipinski definition) is 1. The lowest BCUT2D eigenvalue weighted by Crippen LogP contribution is -2.52. The van der Waals surface area contributed by atoms with Gasteiger partial charge in [-0.25, -0.2) is 13.2 Å². The molecule has 2 aliphatic heterocycles. The molecule has 1 saturated heterocycles. The average Bonchev–Trinajstić information content (AvgIpc) is 3.48. The van der Waals surface area contributed by atoms with E-state index in [1.54, 1.807) is 4.90 Å². The fourth-order valence-corrected chi connectivity index (χ4v) is 5.14. The molecule has 6 nitrogen and oxygen atoms in total. The van der Waals surface area contributed by atoms with Gasteiger partial charge < -0.3 is 15.0 Å². The van der Waals surface area contributed by atoms with E-state index in [4.69, 9.17) is 4.74 Å². The van der Waals surface area contributed by atoms with Gasteiger partial charge in [0.25, 0.3) is 0 Å². The van der Waals surface area contributed by atoms with Gasteiger partial charge in [0, 0.05) is 38.0 Å². The number of fused-ring (bicyclic) bond motifs is 1. The number of sulfone groups is 1. The molecule has 0 bridgehead atoms. The third kappa shape index (κ3) is 3.58. The van der Waals surface area contributed by atoms with E-state index >= 15 is 0 Å². The second kappa shape index (κ2) is 6.61. The molecule has 2 heterocycles. The predicted molar refractivity (Wildman–Crippen MR) is 99.8 cm³/mol. The predicted octanol–water partition coefficient (Wildman–Crippen LogP) is 2.21. The fourth-order valence-electron chi connectivity index (χ4n) is 3.57. The summed E-state index contributed by atoms with van der Waals surface area (Å²) < 4.78 is 30.0. The summed E-state index contributed by atoms with van der Waals surface area (Å²) in [6.07, 6.45) is 7.18. The molecule has 1 aromatic rings. The van der Waals surface area contributed by atoms with Gasteiger partial charge in [0.15, 0.2) is 9.84 Å². The Bertz CT molecular complexity index is 822. The smallest absolute Gasteiger partial charge is 0.317 e. The zero-order valence-corrected chi connectivity index (χ0v) is 15.5. The van der Waals surface area contributed by atoms with E-state index in [2.05, 4.69) is 17.5 Å². The van der Waals surface area contributed by atoms with Crippen molar-refractivity contribution in [3.63, 3.8) is 0 Å². The second-order valence-electron chi connectivity index (χ2n) is 7.32. The molecule has 2 amide bonds. The van der Waals surface area contributed by atoms with Crippen molar-refractivity contribution in [2.45, 2.75) is 36.5 Å². The molecule has 0 unspecified atom stereocenters. The first kappa shape index (κ1) is 17.4. The van der Waals surface area contributed by atoms with Crippen LogP contribution in [0.1, 0.15) is 31.2 Å². The van der Waals surface area contributed by atoms with E-state index in [1.165, 1.54) is 0 Å². The summed E-state index contributed by atoms with van der Waals surface area (Å²) in [6.45, 7) is 1.37. The van der Waals surface area contributed by atoms with Crippen LogP contribution in [0, 0.1) is 0 Å². The number of para-hydroxylation sites is 1. The minimum Gasteiger partial charge on any atom is -0.482 e. The summed E-state index contributed by atoms with van der Waals surface area (Å²) in [5.74, 6) is 0.919. The molecule has 140 valence electrons. The average molecular weight is 376 g/mol. The van der Waals surface area contributed by atoms with Gasteiger partial charge in [0.2, 0.25) is 0 Å². The molecule has 1 aliphatic carbocycles. The third-order valence-electron chi connectivity index (χ3n) is 5.39. The van der Waals surface area contributed by atoms with Gasteiger partial charge in [0.05, 0.1) is 11.0 Å². The van der Waals surface area contributed by atoms with Crippen LogP contribution < -0.4 is 10.1 Å². The molecule has 4 rings (SSSR count). The summed E-state index contributed by atoms with van der Waals surface area (Å²) in [5.41, 5.74) is 0.732. The van der Waals surface area contributed by atoms with Gasteiger partial charge in [-0.1, -0.05) is 24.3 Å². The normalized spacial score (nSPS) is 21.2.